The number of hydrogen-bond acceptors (Lipinski definition) is 4. The Morgan fingerprint density at radius 1 is 1.17 bits per heavy atom. The number of hydrogen-bond donors (Lipinski definition) is 2. The molecule has 0 saturated carbocycles. The van der Waals surface area contributed by atoms with Crippen LogP contribution >= 0.6 is 0 Å². The highest BCUT2D eigenvalue weighted by Crippen LogP contribution is 2.17. The van der Waals surface area contributed by atoms with Crippen LogP contribution in [0, 0.1) is 0 Å². The van der Waals surface area contributed by atoms with E-state index in [1.54, 1.807) is 14.1 Å². The fourth-order valence-corrected chi connectivity index (χ4v) is 1.84. The Hall–Kier alpha value is -2.83. The first kappa shape index (κ1) is 16.5. The van der Waals surface area contributed by atoms with Gasteiger partial charge in [0, 0.05) is 32.6 Å². The fraction of sp³-hybridized carbons (Fsp3) is 0.312. The third-order valence-corrected chi connectivity index (χ3v) is 3.13. The van der Waals surface area contributed by atoms with Crippen molar-refractivity contribution in [3.63, 3.8) is 0 Å². The summed E-state index contributed by atoms with van der Waals surface area (Å²) >= 11 is 0. The highest BCUT2D eigenvalue weighted by molar-refractivity contribution is 5.77. The predicted molar refractivity (Wildman–Crippen MR) is 85.5 cm³/mol. The largest absolute Gasteiger partial charge is 0.444 e. The second kappa shape index (κ2) is 7.98. The highest BCUT2D eigenvalue weighted by Gasteiger charge is 2.08. The molecule has 23 heavy (non-hydrogen) atoms. The van der Waals surface area contributed by atoms with E-state index in [4.69, 9.17) is 4.42 Å². The van der Waals surface area contributed by atoms with Gasteiger partial charge in [0.05, 0.1) is 12.2 Å². The van der Waals surface area contributed by atoms with Crippen LogP contribution in [-0.2, 0) is 11.3 Å². The van der Waals surface area contributed by atoms with Crippen LogP contribution in [0.3, 0.4) is 0 Å². The van der Waals surface area contributed by atoms with Crippen molar-refractivity contribution in [3.05, 3.63) is 42.3 Å². The number of carbonyl (C=O) groups excluding carboxylic acids is 2. The molecule has 0 spiro atoms. The summed E-state index contributed by atoms with van der Waals surface area (Å²) in [4.78, 5) is 28.8. The summed E-state index contributed by atoms with van der Waals surface area (Å²) in [6.07, 6.45) is 1.78. The lowest BCUT2D eigenvalue weighted by molar-refractivity contribution is -0.128. The number of oxazole rings is 1. The second-order valence-electron chi connectivity index (χ2n) is 5.16. The molecule has 7 nitrogen and oxygen atoms in total. The molecule has 2 aromatic rings. The number of benzene rings is 1. The number of urea groups is 1. The van der Waals surface area contributed by atoms with Gasteiger partial charge in [-0.05, 0) is 12.1 Å². The van der Waals surface area contributed by atoms with Crippen LogP contribution in [0.5, 0.6) is 0 Å². The van der Waals surface area contributed by atoms with Crippen LogP contribution in [0.2, 0.25) is 0 Å². The molecular weight excluding hydrogens is 296 g/mol. The van der Waals surface area contributed by atoms with E-state index >= 15 is 0 Å². The minimum Gasteiger partial charge on any atom is -0.444 e. The topological polar surface area (TPSA) is 87.5 Å². The van der Waals surface area contributed by atoms with Gasteiger partial charge in [-0.25, -0.2) is 9.78 Å². The molecule has 0 aliphatic rings. The van der Waals surface area contributed by atoms with Gasteiger partial charge >= 0.3 is 6.03 Å². The Morgan fingerprint density at radius 3 is 2.61 bits per heavy atom. The van der Waals surface area contributed by atoms with Crippen molar-refractivity contribution in [1.82, 2.24) is 20.5 Å². The lowest BCUT2D eigenvalue weighted by atomic mass is 10.2. The zero-order valence-corrected chi connectivity index (χ0v) is 13.2. The van der Waals surface area contributed by atoms with E-state index in [1.165, 1.54) is 11.2 Å². The van der Waals surface area contributed by atoms with Crippen molar-refractivity contribution in [2.45, 2.75) is 13.0 Å². The molecule has 0 bridgehead atoms. The zero-order chi connectivity index (χ0) is 16.7. The van der Waals surface area contributed by atoms with E-state index in [2.05, 4.69) is 15.6 Å². The SMILES string of the molecule is CN(C)C(=O)CCNC(=O)NCc1coc(-c2ccccc2)n1. The molecule has 0 aliphatic carbocycles. The van der Waals surface area contributed by atoms with Crippen molar-refractivity contribution >= 4 is 11.9 Å². The molecule has 0 unspecified atom stereocenters. The molecule has 1 heterocycles. The second-order valence-corrected chi connectivity index (χ2v) is 5.16. The molecule has 1 aromatic heterocycles. The van der Waals surface area contributed by atoms with Gasteiger partial charge in [0.2, 0.25) is 11.8 Å². The van der Waals surface area contributed by atoms with Crippen LogP contribution in [0.4, 0.5) is 4.79 Å². The van der Waals surface area contributed by atoms with Gasteiger partial charge < -0.3 is 20.0 Å². The van der Waals surface area contributed by atoms with Gasteiger partial charge in [-0.15, -0.1) is 0 Å². The Kier molecular flexibility index (Phi) is 5.74. The summed E-state index contributed by atoms with van der Waals surface area (Å²) in [5.41, 5.74) is 1.51. The predicted octanol–water partition coefficient (Wildman–Crippen LogP) is 1.62. The standard InChI is InChI=1S/C16H20N4O3/c1-20(2)14(21)8-9-17-16(22)18-10-13-11-23-15(19-13)12-6-4-3-5-7-12/h3-7,11H,8-10H2,1-2H3,(H2,17,18,22). The average Bonchev–Trinajstić information content (AvgIpc) is 3.02. The smallest absolute Gasteiger partial charge is 0.315 e. The maximum absolute atomic E-state index is 11.6. The molecule has 2 N–H and O–H groups in total. The number of aromatic nitrogens is 1. The summed E-state index contributed by atoms with van der Waals surface area (Å²) in [5, 5.41) is 5.29. The molecule has 7 heteroatoms. The first-order chi connectivity index (χ1) is 11.1. The van der Waals surface area contributed by atoms with Gasteiger partial charge in [-0.2, -0.15) is 0 Å². The summed E-state index contributed by atoms with van der Waals surface area (Å²) in [7, 11) is 3.36. The molecule has 0 fully saturated rings. The van der Waals surface area contributed by atoms with Gasteiger partial charge in [0.15, 0.2) is 0 Å². The van der Waals surface area contributed by atoms with Gasteiger partial charge in [-0.3, -0.25) is 4.79 Å². The summed E-state index contributed by atoms with van der Waals surface area (Å²) in [6, 6.07) is 9.18. The summed E-state index contributed by atoms with van der Waals surface area (Å²) in [6.45, 7) is 0.542. The van der Waals surface area contributed by atoms with Crippen LogP contribution in [0.1, 0.15) is 12.1 Å². The van der Waals surface area contributed by atoms with Crippen molar-refractivity contribution in [1.29, 1.82) is 0 Å². The highest BCUT2D eigenvalue weighted by atomic mass is 16.3. The zero-order valence-electron chi connectivity index (χ0n) is 13.2. The lowest BCUT2D eigenvalue weighted by Crippen LogP contribution is -2.37. The average molecular weight is 316 g/mol. The minimum atomic E-state index is -0.346. The summed E-state index contributed by atoms with van der Waals surface area (Å²) in [5.74, 6) is 0.480. The molecule has 0 radical (unpaired) electrons. The molecule has 122 valence electrons. The minimum absolute atomic E-state index is 0.0331. The van der Waals surface area contributed by atoms with Crippen molar-refractivity contribution < 1.29 is 14.0 Å². The Labute approximate surface area is 134 Å². The number of nitrogens with one attached hydrogen (secondary N) is 2. The van der Waals surface area contributed by atoms with Gasteiger partial charge in [0.1, 0.15) is 6.26 Å². The van der Waals surface area contributed by atoms with Crippen LogP contribution in [-0.4, -0.2) is 42.5 Å². The number of amides is 3. The molecule has 0 aliphatic heterocycles. The monoisotopic (exact) mass is 316 g/mol. The van der Waals surface area contributed by atoms with Crippen LogP contribution < -0.4 is 10.6 Å². The Morgan fingerprint density at radius 2 is 1.91 bits per heavy atom. The quantitative estimate of drug-likeness (QED) is 0.848. The van der Waals surface area contributed by atoms with E-state index in [9.17, 15) is 9.59 Å². The Balaban J connectivity index is 1.75. The number of carbonyl (C=O) groups is 2. The van der Waals surface area contributed by atoms with Crippen LogP contribution in [0.25, 0.3) is 11.5 Å². The van der Waals surface area contributed by atoms with Crippen molar-refractivity contribution in [2.75, 3.05) is 20.6 Å². The maximum atomic E-state index is 11.6. The summed E-state index contributed by atoms with van der Waals surface area (Å²) < 4.78 is 5.39. The molecule has 1 aromatic carbocycles. The van der Waals surface area contributed by atoms with E-state index in [1.807, 2.05) is 30.3 Å². The van der Waals surface area contributed by atoms with E-state index < -0.39 is 0 Å². The molecule has 0 saturated heterocycles. The van der Waals surface area contributed by atoms with Crippen LogP contribution in [0.15, 0.2) is 41.0 Å². The first-order valence-electron chi connectivity index (χ1n) is 7.28. The molecular formula is C16H20N4O3. The normalized spacial score (nSPS) is 10.2. The first-order valence-corrected chi connectivity index (χ1v) is 7.28. The third-order valence-electron chi connectivity index (χ3n) is 3.13. The molecule has 0 atom stereocenters. The molecule has 3 amide bonds. The van der Waals surface area contributed by atoms with Crippen molar-refractivity contribution in [3.8, 4) is 11.5 Å². The third kappa shape index (κ3) is 5.14. The van der Waals surface area contributed by atoms with E-state index in [0.717, 1.165) is 5.56 Å². The lowest BCUT2D eigenvalue weighted by Gasteiger charge is -2.10. The number of nitrogens with zero attached hydrogens (tertiary/aromatic N) is 2. The van der Waals surface area contributed by atoms with E-state index in [-0.39, 0.29) is 31.4 Å². The Bertz CT molecular complexity index is 652. The van der Waals surface area contributed by atoms with E-state index in [0.29, 0.717) is 11.6 Å². The van der Waals surface area contributed by atoms with Gasteiger partial charge in [0.25, 0.3) is 0 Å². The fourth-order valence-electron chi connectivity index (χ4n) is 1.84. The molecule has 2 rings (SSSR count). The number of rotatable bonds is 6. The maximum Gasteiger partial charge on any atom is 0.315 e. The van der Waals surface area contributed by atoms with Gasteiger partial charge in [-0.1, -0.05) is 18.2 Å². The van der Waals surface area contributed by atoms with Crippen molar-refractivity contribution in [2.24, 2.45) is 0 Å².